The average Bonchev–Trinajstić information content (AvgIpc) is 2.94. The van der Waals surface area contributed by atoms with Crippen molar-refractivity contribution in [2.24, 2.45) is 0 Å². The molecule has 7 heteroatoms. The van der Waals surface area contributed by atoms with Crippen molar-refractivity contribution in [1.29, 1.82) is 0 Å². The van der Waals surface area contributed by atoms with Crippen LogP contribution in [0.1, 0.15) is 0 Å². The standard InChI is InChI=1S/C14H9BrFN3O2/c15-8-2-3-11(17)9(6-8)14-18-13(19-21-14)7-1-4-12(20)10(16)5-7/h1-6,20H,17H2. The molecule has 0 fully saturated rings. The monoisotopic (exact) mass is 349 g/mol. The van der Waals surface area contributed by atoms with Crippen LogP contribution in [0.5, 0.6) is 5.75 Å². The van der Waals surface area contributed by atoms with E-state index >= 15 is 0 Å². The fraction of sp³-hybridized carbons (Fsp3) is 0. The van der Waals surface area contributed by atoms with Crippen molar-refractivity contribution in [2.75, 3.05) is 5.73 Å². The lowest BCUT2D eigenvalue weighted by atomic mass is 10.2. The number of hydrogen-bond acceptors (Lipinski definition) is 5. The van der Waals surface area contributed by atoms with Gasteiger partial charge < -0.3 is 15.4 Å². The molecule has 0 aliphatic carbocycles. The van der Waals surface area contributed by atoms with Gasteiger partial charge in [-0.3, -0.25) is 0 Å². The number of hydrogen-bond donors (Lipinski definition) is 2. The quantitative estimate of drug-likeness (QED) is 0.690. The smallest absolute Gasteiger partial charge is 0.260 e. The minimum absolute atomic E-state index is 0.211. The highest BCUT2D eigenvalue weighted by atomic mass is 79.9. The number of aromatic hydroxyl groups is 1. The van der Waals surface area contributed by atoms with Crippen molar-refractivity contribution in [1.82, 2.24) is 10.1 Å². The highest BCUT2D eigenvalue weighted by Crippen LogP contribution is 2.30. The first-order valence-corrected chi connectivity index (χ1v) is 6.72. The molecule has 5 nitrogen and oxygen atoms in total. The third-order valence-electron chi connectivity index (χ3n) is 2.88. The van der Waals surface area contributed by atoms with Crippen LogP contribution in [0, 0.1) is 5.82 Å². The van der Waals surface area contributed by atoms with Crippen molar-refractivity contribution in [2.45, 2.75) is 0 Å². The van der Waals surface area contributed by atoms with E-state index in [1.807, 2.05) is 0 Å². The summed E-state index contributed by atoms with van der Waals surface area (Å²) in [4.78, 5) is 4.20. The zero-order chi connectivity index (χ0) is 15.0. The third kappa shape index (κ3) is 2.59. The van der Waals surface area contributed by atoms with Gasteiger partial charge in [0.1, 0.15) is 0 Å². The van der Waals surface area contributed by atoms with Gasteiger partial charge in [-0.1, -0.05) is 21.1 Å². The van der Waals surface area contributed by atoms with Crippen LogP contribution in [0.15, 0.2) is 45.4 Å². The Morgan fingerprint density at radius 1 is 1.19 bits per heavy atom. The number of aromatic nitrogens is 2. The number of nitrogen functional groups attached to an aromatic ring is 1. The molecule has 3 N–H and O–H groups in total. The third-order valence-corrected chi connectivity index (χ3v) is 3.37. The summed E-state index contributed by atoms with van der Waals surface area (Å²) in [6.45, 7) is 0. The summed E-state index contributed by atoms with van der Waals surface area (Å²) in [6, 6.07) is 9.12. The Labute approximate surface area is 127 Å². The molecule has 0 aliphatic heterocycles. The zero-order valence-corrected chi connectivity index (χ0v) is 12.1. The van der Waals surface area contributed by atoms with Crippen LogP contribution < -0.4 is 5.73 Å². The van der Waals surface area contributed by atoms with Gasteiger partial charge in [-0.25, -0.2) is 4.39 Å². The second kappa shape index (κ2) is 5.17. The van der Waals surface area contributed by atoms with Crippen LogP contribution in [0.25, 0.3) is 22.8 Å². The van der Waals surface area contributed by atoms with E-state index in [0.29, 0.717) is 16.8 Å². The van der Waals surface area contributed by atoms with E-state index in [-0.39, 0.29) is 11.7 Å². The Bertz CT molecular complexity index is 820. The molecule has 1 heterocycles. The van der Waals surface area contributed by atoms with Gasteiger partial charge in [-0.15, -0.1) is 0 Å². The molecule has 0 saturated carbocycles. The summed E-state index contributed by atoms with van der Waals surface area (Å²) in [6.07, 6.45) is 0. The second-order valence-electron chi connectivity index (χ2n) is 4.32. The maximum Gasteiger partial charge on any atom is 0.260 e. The number of benzene rings is 2. The van der Waals surface area contributed by atoms with E-state index in [1.165, 1.54) is 12.1 Å². The number of nitrogens with two attached hydrogens (primary N) is 1. The molecule has 0 amide bonds. The first-order chi connectivity index (χ1) is 10.0. The molecular formula is C14H9BrFN3O2. The number of halogens is 2. The van der Waals surface area contributed by atoms with Crippen LogP contribution >= 0.6 is 15.9 Å². The molecule has 0 spiro atoms. The first kappa shape index (κ1) is 13.6. The predicted molar refractivity (Wildman–Crippen MR) is 78.9 cm³/mol. The van der Waals surface area contributed by atoms with Crippen LogP contribution in [-0.2, 0) is 0 Å². The topological polar surface area (TPSA) is 85.2 Å². The number of phenols is 1. The number of nitrogens with zero attached hydrogens (tertiary/aromatic N) is 2. The summed E-state index contributed by atoms with van der Waals surface area (Å²) in [5, 5.41) is 13.0. The predicted octanol–water partition coefficient (Wildman–Crippen LogP) is 3.59. The van der Waals surface area contributed by atoms with Gasteiger partial charge in [-0.05, 0) is 36.4 Å². The van der Waals surface area contributed by atoms with Crippen molar-refractivity contribution >= 4 is 21.6 Å². The summed E-state index contributed by atoms with van der Waals surface area (Å²) in [5.74, 6) is -0.736. The second-order valence-corrected chi connectivity index (χ2v) is 5.24. The normalized spacial score (nSPS) is 10.8. The van der Waals surface area contributed by atoms with Crippen LogP contribution in [0.4, 0.5) is 10.1 Å². The molecule has 0 aliphatic rings. The lowest BCUT2D eigenvalue weighted by Crippen LogP contribution is -1.90. The molecule has 2 aromatic carbocycles. The maximum atomic E-state index is 13.3. The van der Waals surface area contributed by atoms with E-state index < -0.39 is 11.6 Å². The van der Waals surface area contributed by atoms with Gasteiger partial charge >= 0.3 is 0 Å². The summed E-state index contributed by atoms with van der Waals surface area (Å²) in [5.41, 5.74) is 7.35. The Kier molecular flexibility index (Phi) is 3.34. The lowest BCUT2D eigenvalue weighted by molar-refractivity contribution is 0.430. The molecular weight excluding hydrogens is 341 g/mol. The summed E-state index contributed by atoms with van der Waals surface area (Å²) >= 11 is 3.34. The Morgan fingerprint density at radius 2 is 2.00 bits per heavy atom. The molecule has 0 atom stereocenters. The minimum atomic E-state index is -0.749. The SMILES string of the molecule is Nc1ccc(Br)cc1-c1nc(-c2ccc(O)c(F)c2)no1. The summed E-state index contributed by atoms with van der Waals surface area (Å²) in [7, 11) is 0. The molecule has 0 bridgehead atoms. The lowest BCUT2D eigenvalue weighted by Gasteiger charge is -2.00. The fourth-order valence-electron chi connectivity index (χ4n) is 1.81. The first-order valence-electron chi connectivity index (χ1n) is 5.92. The fourth-order valence-corrected chi connectivity index (χ4v) is 2.17. The Hall–Kier alpha value is -2.41. The van der Waals surface area contributed by atoms with E-state index in [4.69, 9.17) is 10.3 Å². The van der Waals surface area contributed by atoms with Gasteiger partial charge in [0.2, 0.25) is 5.82 Å². The molecule has 21 heavy (non-hydrogen) atoms. The highest BCUT2D eigenvalue weighted by molar-refractivity contribution is 9.10. The van der Waals surface area contributed by atoms with E-state index in [1.54, 1.807) is 18.2 Å². The zero-order valence-electron chi connectivity index (χ0n) is 10.5. The number of phenolic OH excluding ortho intramolecular Hbond substituents is 1. The van der Waals surface area contributed by atoms with Gasteiger partial charge in [0.15, 0.2) is 11.6 Å². The molecule has 1 aromatic heterocycles. The van der Waals surface area contributed by atoms with Crippen LogP contribution in [0.2, 0.25) is 0 Å². The van der Waals surface area contributed by atoms with Gasteiger partial charge in [0.25, 0.3) is 5.89 Å². The molecule has 3 aromatic rings. The highest BCUT2D eigenvalue weighted by Gasteiger charge is 2.14. The maximum absolute atomic E-state index is 13.3. The average molecular weight is 350 g/mol. The van der Waals surface area contributed by atoms with E-state index in [0.717, 1.165) is 10.5 Å². The van der Waals surface area contributed by atoms with E-state index in [2.05, 4.69) is 26.1 Å². The van der Waals surface area contributed by atoms with Crippen molar-refractivity contribution in [3.05, 3.63) is 46.7 Å². The molecule has 0 unspecified atom stereocenters. The number of rotatable bonds is 2. The molecule has 3 rings (SSSR count). The van der Waals surface area contributed by atoms with Crippen molar-refractivity contribution in [3.8, 4) is 28.6 Å². The van der Waals surface area contributed by atoms with Gasteiger partial charge in [-0.2, -0.15) is 4.98 Å². The molecule has 0 saturated heterocycles. The largest absolute Gasteiger partial charge is 0.505 e. The van der Waals surface area contributed by atoms with Crippen LogP contribution in [0.3, 0.4) is 0 Å². The molecule has 0 radical (unpaired) electrons. The van der Waals surface area contributed by atoms with Crippen molar-refractivity contribution < 1.29 is 14.0 Å². The van der Waals surface area contributed by atoms with Gasteiger partial charge in [0, 0.05) is 15.7 Å². The van der Waals surface area contributed by atoms with Crippen LogP contribution in [-0.4, -0.2) is 15.2 Å². The van der Waals surface area contributed by atoms with Crippen molar-refractivity contribution in [3.63, 3.8) is 0 Å². The molecule has 106 valence electrons. The minimum Gasteiger partial charge on any atom is -0.505 e. The number of anilines is 1. The summed E-state index contributed by atoms with van der Waals surface area (Å²) < 4.78 is 19.3. The Morgan fingerprint density at radius 3 is 2.76 bits per heavy atom. The van der Waals surface area contributed by atoms with Gasteiger partial charge in [0.05, 0.1) is 5.56 Å². The van der Waals surface area contributed by atoms with E-state index in [9.17, 15) is 9.50 Å². The Balaban J connectivity index is 2.03.